The SMILES string of the molecule is CN(C=O)c1c(/C=C/c2ccccc2)nc2ccc(Br)nn12. The number of imidazole rings is 1. The van der Waals surface area contributed by atoms with Crippen LogP contribution >= 0.6 is 15.9 Å². The second-order valence-corrected chi connectivity index (χ2v) is 5.52. The summed E-state index contributed by atoms with van der Waals surface area (Å²) in [5.41, 5.74) is 2.43. The van der Waals surface area contributed by atoms with Crippen LogP contribution in [0.1, 0.15) is 11.3 Å². The number of carbonyl (C=O) groups is 1. The Morgan fingerprint density at radius 2 is 1.91 bits per heavy atom. The number of fused-ring (bicyclic) bond motifs is 1. The smallest absolute Gasteiger partial charge is 0.215 e. The molecule has 0 saturated carbocycles. The van der Waals surface area contributed by atoms with E-state index >= 15 is 0 Å². The minimum absolute atomic E-state index is 0.624. The number of aromatic nitrogens is 3. The van der Waals surface area contributed by atoms with Crippen molar-refractivity contribution >= 4 is 46.0 Å². The first-order valence-electron chi connectivity index (χ1n) is 6.65. The molecule has 6 heteroatoms. The van der Waals surface area contributed by atoms with Crippen molar-refractivity contribution in [1.29, 1.82) is 0 Å². The number of anilines is 1. The highest BCUT2D eigenvalue weighted by molar-refractivity contribution is 9.10. The van der Waals surface area contributed by atoms with Gasteiger partial charge in [0.1, 0.15) is 10.3 Å². The molecule has 3 rings (SSSR count). The highest BCUT2D eigenvalue weighted by atomic mass is 79.9. The average molecular weight is 357 g/mol. The van der Waals surface area contributed by atoms with Gasteiger partial charge in [0.15, 0.2) is 11.5 Å². The van der Waals surface area contributed by atoms with E-state index in [1.807, 2.05) is 54.6 Å². The summed E-state index contributed by atoms with van der Waals surface area (Å²) in [4.78, 5) is 17.2. The fraction of sp³-hybridized carbons (Fsp3) is 0.0625. The Morgan fingerprint density at radius 3 is 2.64 bits per heavy atom. The Bertz CT molecular complexity index is 842. The number of amides is 1. The average Bonchev–Trinajstić information content (AvgIpc) is 2.90. The molecule has 0 radical (unpaired) electrons. The number of hydrogen-bond donors (Lipinski definition) is 0. The van der Waals surface area contributed by atoms with Gasteiger partial charge < -0.3 is 4.90 Å². The van der Waals surface area contributed by atoms with Crippen molar-refractivity contribution < 1.29 is 4.79 Å². The lowest BCUT2D eigenvalue weighted by Crippen LogP contribution is -2.17. The minimum atomic E-state index is 0.624. The van der Waals surface area contributed by atoms with Crippen LogP contribution in [0.4, 0.5) is 5.82 Å². The van der Waals surface area contributed by atoms with Gasteiger partial charge in [0, 0.05) is 7.05 Å². The number of rotatable bonds is 4. The molecular weight excluding hydrogens is 344 g/mol. The Balaban J connectivity index is 2.12. The van der Waals surface area contributed by atoms with Crippen molar-refractivity contribution in [3.8, 4) is 0 Å². The molecule has 0 atom stereocenters. The zero-order valence-electron chi connectivity index (χ0n) is 11.8. The quantitative estimate of drug-likeness (QED) is 0.674. The van der Waals surface area contributed by atoms with Crippen molar-refractivity contribution in [2.24, 2.45) is 0 Å². The predicted octanol–water partition coefficient (Wildman–Crippen LogP) is 3.25. The molecule has 0 saturated heterocycles. The van der Waals surface area contributed by atoms with Gasteiger partial charge in [-0.3, -0.25) is 4.79 Å². The summed E-state index contributed by atoms with van der Waals surface area (Å²) in [6.07, 6.45) is 4.58. The highest BCUT2D eigenvalue weighted by Gasteiger charge is 2.15. The first-order chi connectivity index (χ1) is 10.7. The molecule has 0 fully saturated rings. The van der Waals surface area contributed by atoms with Gasteiger partial charge in [-0.05, 0) is 39.7 Å². The van der Waals surface area contributed by atoms with Gasteiger partial charge >= 0.3 is 0 Å². The lowest BCUT2D eigenvalue weighted by molar-refractivity contribution is -0.107. The van der Waals surface area contributed by atoms with Crippen molar-refractivity contribution in [3.63, 3.8) is 0 Å². The molecule has 2 aromatic heterocycles. The van der Waals surface area contributed by atoms with Crippen molar-refractivity contribution in [2.45, 2.75) is 0 Å². The van der Waals surface area contributed by atoms with E-state index in [4.69, 9.17) is 0 Å². The summed E-state index contributed by atoms with van der Waals surface area (Å²) >= 11 is 3.34. The maximum Gasteiger partial charge on any atom is 0.215 e. The lowest BCUT2D eigenvalue weighted by atomic mass is 10.2. The largest absolute Gasteiger partial charge is 0.301 e. The third-order valence-electron chi connectivity index (χ3n) is 3.17. The fourth-order valence-corrected chi connectivity index (χ4v) is 2.44. The molecule has 0 aliphatic rings. The van der Waals surface area contributed by atoms with E-state index < -0.39 is 0 Å². The van der Waals surface area contributed by atoms with E-state index in [2.05, 4.69) is 26.0 Å². The number of carbonyl (C=O) groups excluding carboxylic acids is 1. The predicted molar refractivity (Wildman–Crippen MR) is 90.5 cm³/mol. The standard InChI is InChI=1S/C16H13BrN4O/c1-20(11-22)16-13(8-7-12-5-3-2-4-6-12)18-15-10-9-14(17)19-21(15)16/h2-11H,1H3/b8-7+. The summed E-state index contributed by atoms with van der Waals surface area (Å²) in [7, 11) is 1.68. The third-order valence-corrected chi connectivity index (χ3v) is 3.60. The molecule has 1 aromatic carbocycles. The number of hydrogen-bond acceptors (Lipinski definition) is 3. The zero-order valence-corrected chi connectivity index (χ0v) is 13.4. The normalized spacial score (nSPS) is 11.2. The highest BCUT2D eigenvalue weighted by Crippen LogP contribution is 2.23. The topological polar surface area (TPSA) is 50.5 Å². The van der Waals surface area contributed by atoms with Gasteiger partial charge in [-0.2, -0.15) is 9.61 Å². The van der Waals surface area contributed by atoms with Crippen LogP contribution in [-0.4, -0.2) is 28.1 Å². The molecule has 0 bridgehead atoms. The summed E-state index contributed by atoms with van der Waals surface area (Å²) in [6.45, 7) is 0. The molecule has 1 amide bonds. The lowest BCUT2D eigenvalue weighted by Gasteiger charge is -2.10. The van der Waals surface area contributed by atoms with Crippen LogP contribution in [0.15, 0.2) is 47.1 Å². The second kappa shape index (κ2) is 6.11. The molecule has 0 aliphatic heterocycles. The molecule has 110 valence electrons. The Hall–Kier alpha value is -2.47. The molecule has 0 N–H and O–H groups in total. The number of benzene rings is 1. The zero-order chi connectivity index (χ0) is 15.5. The third kappa shape index (κ3) is 2.78. The summed E-state index contributed by atoms with van der Waals surface area (Å²) < 4.78 is 2.32. The van der Waals surface area contributed by atoms with E-state index in [0.29, 0.717) is 21.8 Å². The van der Waals surface area contributed by atoms with Gasteiger partial charge in [0.25, 0.3) is 0 Å². The van der Waals surface area contributed by atoms with Crippen molar-refractivity contribution in [1.82, 2.24) is 14.6 Å². The Morgan fingerprint density at radius 1 is 1.14 bits per heavy atom. The van der Waals surface area contributed by atoms with Crippen molar-refractivity contribution in [2.75, 3.05) is 11.9 Å². The number of nitrogens with zero attached hydrogens (tertiary/aromatic N) is 4. The Kier molecular flexibility index (Phi) is 4.02. The monoisotopic (exact) mass is 356 g/mol. The van der Waals surface area contributed by atoms with Gasteiger partial charge in [0.2, 0.25) is 6.41 Å². The molecule has 0 aliphatic carbocycles. The first kappa shape index (κ1) is 14.5. The van der Waals surface area contributed by atoms with E-state index in [-0.39, 0.29) is 0 Å². The van der Waals surface area contributed by atoms with E-state index in [9.17, 15) is 4.79 Å². The van der Waals surface area contributed by atoms with Crippen LogP contribution in [-0.2, 0) is 4.79 Å². The van der Waals surface area contributed by atoms with Crippen LogP contribution in [0, 0.1) is 0 Å². The van der Waals surface area contributed by atoms with Crippen LogP contribution in [0.2, 0.25) is 0 Å². The summed E-state index contributed by atoms with van der Waals surface area (Å²) in [5, 5.41) is 4.36. The van der Waals surface area contributed by atoms with Crippen molar-refractivity contribution in [3.05, 3.63) is 58.3 Å². The molecule has 5 nitrogen and oxygen atoms in total. The summed E-state index contributed by atoms with van der Waals surface area (Å²) in [6, 6.07) is 13.6. The van der Waals surface area contributed by atoms with Gasteiger partial charge in [-0.15, -0.1) is 0 Å². The van der Waals surface area contributed by atoms with Crippen LogP contribution in [0.3, 0.4) is 0 Å². The molecule has 22 heavy (non-hydrogen) atoms. The number of halogens is 1. The van der Waals surface area contributed by atoms with Gasteiger partial charge in [0.05, 0.1) is 0 Å². The van der Waals surface area contributed by atoms with Crippen LogP contribution in [0.25, 0.3) is 17.8 Å². The second-order valence-electron chi connectivity index (χ2n) is 4.71. The fourth-order valence-electron chi connectivity index (χ4n) is 2.15. The van der Waals surface area contributed by atoms with E-state index in [0.717, 1.165) is 12.0 Å². The first-order valence-corrected chi connectivity index (χ1v) is 7.45. The maximum atomic E-state index is 11.2. The van der Waals surface area contributed by atoms with Crippen LogP contribution < -0.4 is 4.90 Å². The minimum Gasteiger partial charge on any atom is -0.301 e. The molecular formula is C16H13BrN4O. The van der Waals surface area contributed by atoms with Crippen LogP contribution in [0.5, 0.6) is 0 Å². The summed E-state index contributed by atoms with van der Waals surface area (Å²) in [5.74, 6) is 0.624. The molecule has 0 unspecified atom stereocenters. The maximum absolute atomic E-state index is 11.2. The van der Waals surface area contributed by atoms with E-state index in [1.165, 1.54) is 4.90 Å². The molecule has 0 spiro atoms. The molecule has 3 aromatic rings. The van der Waals surface area contributed by atoms with E-state index in [1.54, 1.807) is 11.6 Å². The molecule has 2 heterocycles. The van der Waals surface area contributed by atoms with Gasteiger partial charge in [-0.1, -0.05) is 36.4 Å². The van der Waals surface area contributed by atoms with Gasteiger partial charge in [-0.25, -0.2) is 4.98 Å². The Labute approximate surface area is 136 Å².